The van der Waals surface area contributed by atoms with Crippen LogP contribution in [-0.4, -0.2) is 92.5 Å². The highest BCUT2D eigenvalue weighted by molar-refractivity contribution is 7.91. The van der Waals surface area contributed by atoms with Crippen molar-refractivity contribution in [3.8, 4) is 5.75 Å². The van der Waals surface area contributed by atoms with Gasteiger partial charge >= 0.3 is 12.2 Å². The predicted octanol–water partition coefficient (Wildman–Crippen LogP) is 3.31. The number of ether oxygens (including phenoxy) is 3. The summed E-state index contributed by atoms with van der Waals surface area (Å²) in [5.41, 5.74) is -1.17. The molecule has 15 nitrogen and oxygen atoms in total. The molecule has 4 aliphatic rings. The lowest BCUT2D eigenvalue weighted by Gasteiger charge is -2.35. The number of cyclic esters (lactones) is 1. The number of anilines is 1. The van der Waals surface area contributed by atoms with Crippen molar-refractivity contribution in [2.75, 3.05) is 25.6 Å². The second-order valence-electron chi connectivity index (χ2n) is 14.9. The number of carbonyl (C=O) groups excluding carboxylic acids is 5. The van der Waals surface area contributed by atoms with E-state index >= 15 is 0 Å². The lowest BCUT2D eigenvalue weighted by Crippen LogP contribution is -2.60. The molecule has 1 saturated heterocycles. The van der Waals surface area contributed by atoms with Crippen molar-refractivity contribution in [2.45, 2.75) is 101 Å². The van der Waals surface area contributed by atoms with Crippen molar-refractivity contribution >= 4 is 45.6 Å². The second kappa shape index (κ2) is 15.6. The maximum atomic E-state index is 14.3. The third-order valence-corrected chi connectivity index (χ3v) is 11.6. The van der Waals surface area contributed by atoms with Crippen LogP contribution >= 0.6 is 0 Å². The first-order valence-corrected chi connectivity index (χ1v) is 19.2. The summed E-state index contributed by atoms with van der Waals surface area (Å²) in [7, 11) is -2.36. The van der Waals surface area contributed by atoms with Crippen LogP contribution in [0.3, 0.4) is 0 Å². The molecule has 284 valence electrons. The van der Waals surface area contributed by atoms with Crippen LogP contribution in [0.1, 0.15) is 71.3 Å². The molecule has 2 aliphatic heterocycles. The molecule has 0 unspecified atom stereocenters. The van der Waals surface area contributed by atoms with Gasteiger partial charge in [-0.05, 0) is 74.1 Å². The smallest absolute Gasteiger partial charge is 0.411 e. The zero-order chi connectivity index (χ0) is 37.8. The molecule has 4 bridgehead atoms. The summed E-state index contributed by atoms with van der Waals surface area (Å²) in [4.78, 5) is 69.1. The summed E-state index contributed by atoms with van der Waals surface area (Å²) in [6.45, 7) is 8.90. The van der Waals surface area contributed by atoms with Gasteiger partial charge in [0, 0.05) is 18.0 Å². The van der Waals surface area contributed by atoms with Crippen LogP contribution in [0.25, 0.3) is 0 Å². The molecular formula is C36H49N5O10S. The first-order chi connectivity index (χ1) is 24.6. The van der Waals surface area contributed by atoms with Crippen LogP contribution < -0.4 is 25.4 Å². The highest BCUT2D eigenvalue weighted by atomic mass is 32.2. The van der Waals surface area contributed by atoms with Crippen LogP contribution in [-0.2, 0) is 40.3 Å². The van der Waals surface area contributed by atoms with Gasteiger partial charge in [0.15, 0.2) is 0 Å². The summed E-state index contributed by atoms with van der Waals surface area (Å²) in [5.74, 6) is -2.18. The summed E-state index contributed by atoms with van der Waals surface area (Å²) in [6, 6.07) is 2.77. The molecule has 5 rings (SSSR count). The van der Waals surface area contributed by atoms with Crippen LogP contribution in [0, 0.1) is 11.3 Å². The fraction of sp³-hybridized carbons (Fsp3) is 0.583. The summed E-state index contributed by atoms with van der Waals surface area (Å²) in [6.07, 6.45) is 6.37. The number of carbonyl (C=O) groups is 5. The fourth-order valence-electron chi connectivity index (χ4n) is 6.54. The largest absolute Gasteiger partial charge is 0.496 e. The predicted molar refractivity (Wildman–Crippen MR) is 191 cm³/mol. The second-order valence-corrected chi connectivity index (χ2v) is 16.8. The quantitative estimate of drug-likeness (QED) is 0.301. The van der Waals surface area contributed by atoms with Gasteiger partial charge in [-0.3, -0.25) is 24.4 Å². The van der Waals surface area contributed by atoms with E-state index in [1.807, 2.05) is 12.2 Å². The number of hydrogen-bond acceptors (Lipinski definition) is 10. The molecule has 0 radical (unpaired) electrons. The number of rotatable bonds is 7. The normalized spacial score (nSPS) is 27.5. The Kier molecular flexibility index (Phi) is 11.6. The van der Waals surface area contributed by atoms with Crippen molar-refractivity contribution in [3.05, 3.63) is 48.6 Å². The molecule has 5 atom stereocenters. The number of hydrogen-bond donors (Lipinski definition) is 4. The Morgan fingerprint density at radius 1 is 1.12 bits per heavy atom. The Morgan fingerprint density at radius 2 is 1.87 bits per heavy atom. The minimum atomic E-state index is -3.92. The topological polar surface area (TPSA) is 199 Å². The van der Waals surface area contributed by atoms with Crippen molar-refractivity contribution in [3.63, 3.8) is 0 Å². The van der Waals surface area contributed by atoms with E-state index in [0.717, 1.165) is 18.4 Å². The SMILES string of the molecule is C=C[C@@H]1C[C@]1(NC(=O)[C@@H]1C[C@@H]2CN1C(=O)[C@H](C(C)(C)C)NC(=O)OCCCCC=CCc1cc(ccc1OC)NC(=O)O2)C(=O)NS(=O)(=O)C1CC1. The number of nitrogens with zero attached hydrogens (tertiary/aromatic N) is 1. The van der Waals surface area contributed by atoms with Crippen molar-refractivity contribution in [1.82, 2.24) is 20.3 Å². The Bertz CT molecular complexity index is 1720. The molecule has 16 heteroatoms. The van der Waals surface area contributed by atoms with E-state index in [1.165, 1.54) is 11.0 Å². The number of allylic oxidation sites excluding steroid dienone is 2. The van der Waals surface area contributed by atoms with Gasteiger partial charge in [0.1, 0.15) is 29.5 Å². The molecule has 1 aromatic rings. The number of amides is 5. The van der Waals surface area contributed by atoms with Crippen molar-refractivity contribution in [1.29, 1.82) is 0 Å². The zero-order valence-electron chi connectivity index (χ0n) is 30.1. The third-order valence-electron chi connectivity index (χ3n) is 9.78. The molecule has 52 heavy (non-hydrogen) atoms. The minimum Gasteiger partial charge on any atom is -0.496 e. The van der Waals surface area contributed by atoms with Gasteiger partial charge in [-0.1, -0.05) is 39.0 Å². The minimum absolute atomic E-state index is 0.106. The molecular weight excluding hydrogens is 694 g/mol. The molecule has 0 spiro atoms. The van der Waals surface area contributed by atoms with Gasteiger partial charge in [0.25, 0.3) is 5.91 Å². The number of alkyl carbamates (subject to hydrolysis) is 1. The van der Waals surface area contributed by atoms with Crippen LogP contribution in [0.15, 0.2) is 43.0 Å². The lowest BCUT2D eigenvalue weighted by atomic mass is 9.85. The molecule has 2 heterocycles. The van der Waals surface area contributed by atoms with E-state index in [-0.39, 0.29) is 26.0 Å². The van der Waals surface area contributed by atoms with E-state index in [1.54, 1.807) is 46.1 Å². The van der Waals surface area contributed by atoms with Crippen LogP contribution in [0.5, 0.6) is 5.75 Å². The van der Waals surface area contributed by atoms with E-state index in [2.05, 4.69) is 27.3 Å². The summed E-state index contributed by atoms with van der Waals surface area (Å²) >= 11 is 0. The Hall–Kier alpha value is -4.60. The number of sulfonamides is 1. The molecule has 4 N–H and O–H groups in total. The maximum Gasteiger partial charge on any atom is 0.411 e. The van der Waals surface area contributed by atoms with Crippen molar-refractivity contribution in [2.24, 2.45) is 11.3 Å². The van der Waals surface area contributed by atoms with Crippen LogP contribution in [0.4, 0.5) is 15.3 Å². The van der Waals surface area contributed by atoms with Gasteiger partial charge < -0.3 is 29.7 Å². The first kappa shape index (κ1) is 38.6. The van der Waals surface area contributed by atoms with E-state index in [0.29, 0.717) is 37.1 Å². The Labute approximate surface area is 304 Å². The molecule has 2 aliphatic carbocycles. The average molecular weight is 744 g/mol. The standard InChI is InChI=1S/C36H49N5O10S/c1-6-23-20-36(23,32(44)40-52(47,48)26-14-15-26)39-30(42)27-19-25-21-41(27)31(43)29(35(2,3)4)38-33(45)50-17-11-9-7-8-10-12-22-18-24(37-34(46)51-25)13-16-28(22)49-5/h6,8,10,13,16,18,23,25-27,29H,1,7,9,11-12,14-15,17,19-21H2,2-5H3,(H,37,46)(H,38,45)(H,39,42)(H,40,44)/t23-,25-,27+,29-,36-/m1/s1. The highest BCUT2D eigenvalue weighted by Crippen LogP contribution is 2.45. The monoisotopic (exact) mass is 743 g/mol. The molecule has 2 saturated carbocycles. The van der Waals surface area contributed by atoms with Crippen molar-refractivity contribution < 1.29 is 46.6 Å². The number of nitrogens with one attached hydrogen (secondary N) is 4. The summed E-state index contributed by atoms with van der Waals surface area (Å²) < 4.78 is 44.0. The van der Waals surface area contributed by atoms with E-state index < -0.39 is 80.2 Å². The molecule has 3 fully saturated rings. The van der Waals surface area contributed by atoms with Gasteiger partial charge in [-0.25, -0.2) is 18.0 Å². The number of fused-ring (bicyclic) bond motifs is 4. The van der Waals surface area contributed by atoms with E-state index in [9.17, 15) is 32.4 Å². The maximum absolute atomic E-state index is 14.3. The average Bonchev–Trinajstić information content (AvgIpc) is 4.00. The number of benzene rings is 1. The molecule has 5 amide bonds. The Balaban J connectivity index is 1.42. The number of methoxy groups -OCH3 is 1. The fourth-order valence-corrected chi connectivity index (χ4v) is 7.90. The zero-order valence-corrected chi connectivity index (χ0v) is 30.9. The van der Waals surface area contributed by atoms with E-state index in [4.69, 9.17) is 14.2 Å². The van der Waals surface area contributed by atoms with Gasteiger partial charge in [-0.15, -0.1) is 6.58 Å². The highest BCUT2D eigenvalue weighted by Gasteiger charge is 2.62. The van der Waals surface area contributed by atoms with Gasteiger partial charge in [0.2, 0.25) is 21.8 Å². The molecule has 1 aromatic carbocycles. The molecule has 0 aromatic heterocycles. The van der Waals surface area contributed by atoms with Gasteiger partial charge in [0.05, 0.1) is 25.5 Å². The van der Waals surface area contributed by atoms with Gasteiger partial charge in [-0.2, -0.15) is 0 Å². The Morgan fingerprint density at radius 3 is 2.52 bits per heavy atom. The third kappa shape index (κ3) is 9.06. The first-order valence-electron chi connectivity index (χ1n) is 17.6. The summed E-state index contributed by atoms with van der Waals surface area (Å²) in [5, 5.41) is 7.43. The van der Waals surface area contributed by atoms with Crippen LogP contribution in [0.2, 0.25) is 0 Å². The lowest BCUT2D eigenvalue weighted by molar-refractivity contribution is -0.142.